The lowest BCUT2D eigenvalue weighted by Gasteiger charge is -2.45. The summed E-state index contributed by atoms with van der Waals surface area (Å²) < 4.78 is 41.1. The Kier molecular flexibility index (Phi) is 4.52. The Labute approximate surface area is 150 Å². The number of benzene rings is 1. The number of amides is 2. The Morgan fingerprint density at radius 3 is 2.56 bits per heavy atom. The lowest BCUT2D eigenvalue weighted by Crippen LogP contribution is -2.72. The standard InChI is InChI=1S/C17H14F3N3O4/c18-17(19,20)16(27)12(14(25)10-4-2-6-21-8-10)13(22-15(26)23-16)9-3-1-5-11(24)7-9/h1-8,12-13,24,27H,(H2,22,23,26). The van der Waals surface area contributed by atoms with Crippen molar-refractivity contribution in [2.45, 2.75) is 17.9 Å². The fourth-order valence-electron chi connectivity index (χ4n) is 3.02. The van der Waals surface area contributed by atoms with Gasteiger partial charge in [0.15, 0.2) is 5.78 Å². The number of carbonyl (C=O) groups is 2. The second kappa shape index (κ2) is 6.54. The number of phenols is 1. The second-order valence-electron chi connectivity index (χ2n) is 6.02. The molecule has 1 aliphatic rings. The fraction of sp³-hybridized carbons (Fsp3) is 0.235. The molecule has 1 aliphatic heterocycles. The third-order valence-electron chi connectivity index (χ3n) is 4.26. The molecule has 4 N–H and O–H groups in total. The monoisotopic (exact) mass is 381 g/mol. The summed E-state index contributed by atoms with van der Waals surface area (Å²) in [4.78, 5) is 28.4. The first-order chi connectivity index (χ1) is 12.6. The van der Waals surface area contributed by atoms with Gasteiger partial charge in [0, 0.05) is 18.0 Å². The van der Waals surface area contributed by atoms with E-state index >= 15 is 0 Å². The minimum absolute atomic E-state index is 0.0229. The second-order valence-corrected chi connectivity index (χ2v) is 6.02. The first kappa shape index (κ1) is 18.6. The fourth-order valence-corrected chi connectivity index (χ4v) is 3.02. The van der Waals surface area contributed by atoms with Crippen LogP contribution in [0.15, 0.2) is 48.8 Å². The van der Waals surface area contributed by atoms with Crippen LogP contribution in [-0.2, 0) is 0 Å². The number of ketones is 1. The van der Waals surface area contributed by atoms with Crippen molar-refractivity contribution < 1.29 is 33.0 Å². The summed E-state index contributed by atoms with van der Waals surface area (Å²) in [5.41, 5.74) is -3.97. The van der Waals surface area contributed by atoms with E-state index in [-0.39, 0.29) is 16.9 Å². The number of carbonyl (C=O) groups excluding carboxylic acids is 2. The van der Waals surface area contributed by atoms with E-state index in [0.29, 0.717) is 0 Å². The van der Waals surface area contributed by atoms with Crippen molar-refractivity contribution in [3.63, 3.8) is 0 Å². The van der Waals surface area contributed by atoms with Gasteiger partial charge in [0.05, 0.1) is 6.04 Å². The van der Waals surface area contributed by atoms with Gasteiger partial charge in [-0.15, -0.1) is 0 Å². The molecule has 0 saturated carbocycles. The summed E-state index contributed by atoms with van der Waals surface area (Å²) in [6, 6.07) is 4.81. The molecule has 1 aromatic carbocycles. The van der Waals surface area contributed by atoms with Crippen LogP contribution in [0.2, 0.25) is 0 Å². The minimum atomic E-state index is -5.34. The molecule has 2 heterocycles. The van der Waals surface area contributed by atoms with E-state index in [1.54, 1.807) is 0 Å². The topological polar surface area (TPSA) is 112 Å². The van der Waals surface area contributed by atoms with E-state index < -0.39 is 35.7 Å². The first-order valence-electron chi connectivity index (χ1n) is 7.74. The lowest BCUT2D eigenvalue weighted by atomic mass is 9.77. The van der Waals surface area contributed by atoms with Crippen LogP contribution in [0.5, 0.6) is 5.75 Å². The zero-order valence-electron chi connectivity index (χ0n) is 13.6. The predicted octanol–water partition coefficient (Wildman–Crippen LogP) is 1.89. The highest BCUT2D eigenvalue weighted by Gasteiger charge is 2.66. The van der Waals surface area contributed by atoms with E-state index in [9.17, 15) is 33.0 Å². The summed E-state index contributed by atoms with van der Waals surface area (Å²) in [6.07, 6.45) is -2.95. The maximum Gasteiger partial charge on any atom is 0.437 e. The number of Topliss-reactive ketones (excluding diaryl/α,β-unsaturated/α-hetero) is 1. The molecule has 2 amide bonds. The largest absolute Gasteiger partial charge is 0.508 e. The maximum atomic E-state index is 13.7. The molecule has 3 atom stereocenters. The molecular weight excluding hydrogens is 367 g/mol. The van der Waals surface area contributed by atoms with Crippen molar-refractivity contribution in [2.75, 3.05) is 0 Å². The summed E-state index contributed by atoms with van der Waals surface area (Å²) in [6.45, 7) is 0. The molecule has 1 fully saturated rings. The normalized spacial score (nSPS) is 25.4. The van der Waals surface area contributed by atoms with Crippen LogP contribution in [0.3, 0.4) is 0 Å². The van der Waals surface area contributed by atoms with E-state index in [2.05, 4.69) is 10.3 Å². The number of hydrogen-bond acceptors (Lipinski definition) is 5. The molecule has 10 heteroatoms. The Morgan fingerprint density at radius 2 is 1.96 bits per heavy atom. The van der Waals surface area contributed by atoms with Crippen LogP contribution in [0.25, 0.3) is 0 Å². The molecule has 0 bridgehead atoms. The Hall–Kier alpha value is -3.14. The number of rotatable bonds is 3. The maximum absolute atomic E-state index is 13.7. The zero-order valence-corrected chi connectivity index (χ0v) is 13.6. The van der Waals surface area contributed by atoms with Gasteiger partial charge in [0.25, 0.3) is 0 Å². The molecule has 1 saturated heterocycles. The van der Waals surface area contributed by atoms with E-state index in [1.807, 2.05) is 0 Å². The third kappa shape index (κ3) is 3.31. The number of alkyl halides is 3. The van der Waals surface area contributed by atoms with E-state index in [4.69, 9.17) is 0 Å². The number of phenolic OH excluding ortho intramolecular Hbond substituents is 1. The highest BCUT2D eigenvalue weighted by molar-refractivity contribution is 6.00. The number of nitrogens with zero attached hydrogens (tertiary/aromatic N) is 1. The Balaban J connectivity index is 2.17. The summed E-state index contributed by atoms with van der Waals surface area (Å²) in [5.74, 6) is -3.52. The van der Waals surface area contributed by atoms with Gasteiger partial charge in [0.2, 0.25) is 5.72 Å². The molecule has 3 rings (SSSR count). The molecule has 0 radical (unpaired) electrons. The van der Waals surface area contributed by atoms with Gasteiger partial charge in [-0.2, -0.15) is 13.2 Å². The van der Waals surface area contributed by atoms with Crippen molar-refractivity contribution >= 4 is 11.8 Å². The zero-order chi connectivity index (χ0) is 19.8. The quantitative estimate of drug-likeness (QED) is 0.607. The third-order valence-corrected chi connectivity index (χ3v) is 4.26. The average molecular weight is 381 g/mol. The smallest absolute Gasteiger partial charge is 0.437 e. The summed E-state index contributed by atoms with van der Waals surface area (Å²) in [5, 5.41) is 23.7. The lowest BCUT2D eigenvalue weighted by molar-refractivity contribution is -0.287. The van der Waals surface area contributed by atoms with Crippen molar-refractivity contribution in [1.82, 2.24) is 15.6 Å². The van der Waals surface area contributed by atoms with E-state index in [1.165, 1.54) is 41.8 Å². The number of hydrogen-bond donors (Lipinski definition) is 4. The van der Waals surface area contributed by atoms with Gasteiger partial charge < -0.3 is 20.8 Å². The van der Waals surface area contributed by atoms with Crippen molar-refractivity contribution in [3.8, 4) is 5.75 Å². The van der Waals surface area contributed by atoms with Crippen LogP contribution < -0.4 is 10.6 Å². The van der Waals surface area contributed by atoms with Crippen LogP contribution in [0, 0.1) is 5.92 Å². The number of nitrogens with one attached hydrogen (secondary N) is 2. The van der Waals surface area contributed by atoms with Crippen molar-refractivity contribution in [2.24, 2.45) is 5.92 Å². The number of aromatic nitrogens is 1. The van der Waals surface area contributed by atoms with Crippen LogP contribution in [-0.4, -0.2) is 38.9 Å². The first-order valence-corrected chi connectivity index (χ1v) is 7.74. The SMILES string of the molecule is O=C1NC(c2cccc(O)c2)C(C(=O)c2cccnc2)C(O)(C(F)(F)F)N1. The van der Waals surface area contributed by atoms with Gasteiger partial charge >= 0.3 is 12.2 Å². The number of pyridine rings is 1. The average Bonchev–Trinajstić information content (AvgIpc) is 2.60. The number of urea groups is 1. The number of halogens is 3. The van der Waals surface area contributed by atoms with Crippen LogP contribution in [0.1, 0.15) is 22.0 Å². The highest BCUT2D eigenvalue weighted by Crippen LogP contribution is 2.44. The molecule has 3 unspecified atom stereocenters. The van der Waals surface area contributed by atoms with Gasteiger partial charge in [0.1, 0.15) is 11.7 Å². The van der Waals surface area contributed by atoms with Gasteiger partial charge in [-0.3, -0.25) is 9.78 Å². The molecule has 2 aromatic rings. The Morgan fingerprint density at radius 1 is 1.22 bits per heavy atom. The van der Waals surface area contributed by atoms with Crippen molar-refractivity contribution in [3.05, 3.63) is 59.9 Å². The van der Waals surface area contributed by atoms with Crippen molar-refractivity contribution in [1.29, 1.82) is 0 Å². The minimum Gasteiger partial charge on any atom is -0.508 e. The Bertz CT molecular complexity index is 875. The molecule has 0 spiro atoms. The molecule has 1 aromatic heterocycles. The van der Waals surface area contributed by atoms with Crippen LogP contribution >= 0.6 is 0 Å². The highest BCUT2D eigenvalue weighted by atomic mass is 19.4. The molecule has 142 valence electrons. The molecular formula is C17H14F3N3O4. The predicted molar refractivity (Wildman–Crippen MR) is 85.6 cm³/mol. The van der Waals surface area contributed by atoms with E-state index in [0.717, 1.165) is 12.3 Å². The summed E-state index contributed by atoms with van der Waals surface area (Å²) in [7, 11) is 0. The van der Waals surface area contributed by atoms with Crippen LogP contribution in [0.4, 0.5) is 18.0 Å². The number of aliphatic hydroxyl groups is 1. The van der Waals surface area contributed by atoms with Gasteiger partial charge in [-0.1, -0.05) is 12.1 Å². The molecule has 7 nitrogen and oxygen atoms in total. The summed E-state index contributed by atoms with van der Waals surface area (Å²) >= 11 is 0. The molecule has 0 aliphatic carbocycles. The molecule has 27 heavy (non-hydrogen) atoms. The van der Waals surface area contributed by atoms with Gasteiger partial charge in [-0.05, 0) is 29.8 Å². The van der Waals surface area contributed by atoms with Gasteiger partial charge in [-0.25, -0.2) is 4.79 Å². The number of aromatic hydroxyl groups is 1.